The number of amides is 2. The van der Waals surface area contributed by atoms with Crippen molar-refractivity contribution in [2.75, 3.05) is 18.1 Å². The van der Waals surface area contributed by atoms with Gasteiger partial charge in [-0.15, -0.1) is 0 Å². The van der Waals surface area contributed by atoms with Crippen LogP contribution in [0.15, 0.2) is 42.5 Å². The molecule has 3 rings (SSSR count). The van der Waals surface area contributed by atoms with Crippen molar-refractivity contribution >= 4 is 17.5 Å². The zero-order chi connectivity index (χ0) is 18.7. The van der Waals surface area contributed by atoms with Crippen molar-refractivity contribution in [1.29, 1.82) is 0 Å². The van der Waals surface area contributed by atoms with E-state index in [-0.39, 0.29) is 36.6 Å². The van der Waals surface area contributed by atoms with Gasteiger partial charge in [0.25, 0.3) is 5.91 Å². The second kappa shape index (κ2) is 7.56. The van der Waals surface area contributed by atoms with Crippen molar-refractivity contribution in [3.8, 4) is 5.75 Å². The van der Waals surface area contributed by atoms with Gasteiger partial charge in [0.05, 0.1) is 6.04 Å². The molecule has 1 atom stereocenters. The van der Waals surface area contributed by atoms with E-state index < -0.39 is 5.82 Å². The molecule has 0 bridgehead atoms. The summed E-state index contributed by atoms with van der Waals surface area (Å²) < 4.78 is 18.7. The van der Waals surface area contributed by atoms with Gasteiger partial charge >= 0.3 is 0 Å². The monoisotopic (exact) mass is 356 g/mol. The summed E-state index contributed by atoms with van der Waals surface area (Å²) in [4.78, 5) is 26.0. The second-order valence-corrected chi connectivity index (χ2v) is 6.46. The van der Waals surface area contributed by atoms with Crippen LogP contribution in [0.3, 0.4) is 0 Å². The number of nitrogens with zero attached hydrogens (tertiary/aromatic N) is 1. The third-order valence-corrected chi connectivity index (χ3v) is 4.49. The number of aryl methyl sites for hydroxylation is 2. The van der Waals surface area contributed by atoms with E-state index in [0.29, 0.717) is 6.54 Å². The number of rotatable bonds is 5. The van der Waals surface area contributed by atoms with Gasteiger partial charge in [0, 0.05) is 18.7 Å². The van der Waals surface area contributed by atoms with E-state index in [4.69, 9.17) is 4.74 Å². The number of hydrogen-bond donors (Lipinski definition) is 1. The number of hydrogen-bond acceptors (Lipinski definition) is 3. The van der Waals surface area contributed by atoms with E-state index in [1.165, 1.54) is 12.1 Å². The van der Waals surface area contributed by atoms with Gasteiger partial charge in [-0.25, -0.2) is 4.39 Å². The maximum absolute atomic E-state index is 13.5. The highest BCUT2D eigenvalue weighted by molar-refractivity contribution is 5.97. The Balaban J connectivity index is 1.56. The molecular formula is C20H21FN2O3. The molecular weight excluding hydrogens is 335 g/mol. The maximum atomic E-state index is 13.5. The predicted octanol–water partition coefficient (Wildman–Crippen LogP) is 2.74. The Morgan fingerprint density at radius 3 is 2.73 bits per heavy atom. The Kier molecular flexibility index (Phi) is 5.21. The van der Waals surface area contributed by atoms with Crippen LogP contribution in [0, 0.1) is 19.7 Å². The first kappa shape index (κ1) is 17.9. The first-order valence-corrected chi connectivity index (χ1v) is 8.48. The largest absolute Gasteiger partial charge is 0.481 e. The normalized spacial score (nSPS) is 16.7. The van der Waals surface area contributed by atoms with Crippen molar-refractivity contribution in [3.05, 3.63) is 59.4 Å². The molecule has 5 nitrogen and oxygen atoms in total. The quantitative estimate of drug-likeness (QED) is 0.896. The van der Waals surface area contributed by atoms with Crippen LogP contribution in [0.5, 0.6) is 5.75 Å². The molecule has 1 saturated heterocycles. The minimum absolute atomic E-state index is 0.0295. The Morgan fingerprint density at radius 2 is 2.00 bits per heavy atom. The number of anilines is 1. The summed E-state index contributed by atoms with van der Waals surface area (Å²) in [7, 11) is 0. The first-order chi connectivity index (χ1) is 12.4. The van der Waals surface area contributed by atoms with Gasteiger partial charge in [0.1, 0.15) is 0 Å². The second-order valence-electron chi connectivity index (χ2n) is 6.46. The van der Waals surface area contributed by atoms with Crippen LogP contribution < -0.4 is 15.0 Å². The molecule has 0 aliphatic carbocycles. The lowest BCUT2D eigenvalue weighted by molar-refractivity contribution is -0.123. The van der Waals surface area contributed by atoms with Gasteiger partial charge < -0.3 is 15.0 Å². The van der Waals surface area contributed by atoms with Crippen LogP contribution in [0.25, 0.3) is 0 Å². The van der Waals surface area contributed by atoms with Crippen molar-refractivity contribution < 1.29 is 18.7 Å². The summed E-state index contributed by atoms with van der Waals surface area (Å²) in [6.45, 7) is 4.13. The molecule has 0 aromatic heterocycles. The van der Waals surface area contributed by atoms with Crippen molar-refractivity contribution in [3.63, 3.8) is 0 Å². The molecule has 2 aromatic rings. The molecule has 0 unspecified atom stereocenters. The van der Waals surface area contributed by atoms with E-state index in [0.717, 1.165) is 16.8 Å². The van der Waals surface area contributed by atoms with Crippen molar-refractivity contribution in [2.45, 2.75) is 26.3 Å². The van der Waals surface area contributed by atoms with Gasteiger partial charge in [-0.2, -0.15) is 0 Å². The number of benzene rings is 2. The Hall–Kier alpha value is -2.89. The van der Waals surface area contributed by atoms with Crippen LogP contribution in [0.4, 0.5) is 10.1 Å². The number of carbonyl (C=O) groups excluding carboxylic acids is 2. The van der Waals surface area contributed by atoms with Gasteiger partial charge in [0.2, 0.25) is 5.91 Å². The minimum atomic E-state index is -0.516. The average molecular weight is 356 g/mol. The molecule has 0 saturated carbocycles. The average Bonchev–Trinajstić information content (AvgIpc) is 2.97. The maximum Gasteiger partial charge on any atom is 0.258 e. The summed E-state index contributed by atoms with van der Waals surface area (Å²) >= 11 is 0. The minimum Gasteiger partial charge on any atom is -0.481 e. The van der Waals surface area contributed by atoms with Crippen LogP contribution in [0.1, 0.15) is 17.5 Å². The highest BCUT2D eigenvalue weighted by Gasteiger charge is 2.31. The number of para-hydroxylation sites is 1. The van der Waals surface area contributed by atoms with Crippen LogP contribution >= 0.6 is 0 Å². The molecule has 6 heteroatoms. The van der Waals surface area contributed by atoms with Crippen molar-refractivity contribution in [1.82, 2.24) is 5.32 Å². The standard InChI is InChI=1S/C20H21FN2O3/c1-13-7-8-16(9-14(13)2)23-11-15(10-20(23)25)22-19(24)12-26-18-6-4-3-5-17(18)21/h3-9,15H,10-12H2,1-2H3,(H,22,24)/t15-/m1/s1. The molecule has 0 radical (unpaired) electrons. The Bertz CT molecular complexity index is 838. The number of halogens is 1. The molecule has 26 heavy (non-hydrogen) atoms. The topological polar surface area (TPSA) is 58.6 Å². The highest BCUT2D eigenvalue weighted by atomic mass is 19.1. The van der Waals surface area contributed by atoms with E-state index >= 15 is 0 Å². The first-order valence-electron chi connectivity index (χ1n) is 8.48. The molecule has 1 aliphatic heterocycles. The van der Waals surface area contributed by atoms with E-state index in [2.05, 4.69) is 5.32 Å². The fourth-order valence-electron chi connectivity index (χ4n) is 2.92. The lowest BCUT2D eigenvalue weighted by Gasteiger charge is -2.18. The summed E-state index contributed by atoms with van der Waals surface area (Å²) in [5, 5.41) is 2.78. The summed E-state index contributed by atoms with van der Waals surface area (Å²) in [5.74, 6) is -0.902. The third-order valence-electron chi connectivity index (χ3n) is 4.49. The molecule has 2 aromatic carbocycles. The lowest BCUT2D eigenvalue weighted by atomic mass is 10.1. The molecule has 136 valence electrons. The lowest BCUT2D eigenvalue weighted by Crippen LogP contribution is -2.39. The number of nitrogens with one attached hydrogen (secondary N) is 1. The molecule has 1 N–H and O–H groups in total. The summed E-state index contributed by atoms with van der Waals surface area (Å²) in [5.41, 5.74) is 3.11. The van der Waals surface area contributed by atoms with Gasteiger partial charge in [-0.3, -0.25) is 9.59 Å². The van der Waals surface area contributed by atoms with Gasteiger partial charge in [-0.1, -0.05) is 18.2 Å². The number of ether oxygens (including phenoxy) is 1. The molecule has 1 aliphatic rings. The predicted molar refractivity (Wildman–Crippen MR) is 96.7 cm³/mol. The van der Waals surface area contributed by atoms with E-state index in [1.54, 1.807) is 17.0 Å². The fourth-order valence-corrected chi connectivity index (χ4v) is 2.92. The molecule has 2 amide bonds. The highest BCUT2D eigenvalue weighted by Crippen LogP contribution is 2.24. The number of carbonyl (C=O) groups is 2. The van der Waals surface area contributed by atoms with Crippen LogP contribution in [0.2, 0.25) is 0 Å². The molecule has 1 heterocycles. The zero-order valence-electron chi connectivity index (χ0n) is 14.8. The van der Waals surface area contributed by atoms with Gasteiger partial charge in [0.15, 0.2) is 18.2 Å². The smallest absolute Gasteiger partial charge is 0.258 e. The van der Waals surface area contributed by atoms with Gasteiger partial charge in [-0.05, 0) is 49.2 Å². The fraction of sp³-hybridized carbons (Fsp3) is 0.300. The Labute approximate surface area is 151 Å². The van der Waals surface area contributed by atoms with Crippen LogP contribution in [-0.2, 0) is 9.59 Å². The summed E-state index contributed by atoms with van der Waals surface area (Å²) in [6, 6.07) is 11.5. The Morgan fingerprint density at radius 1 is 1.23 bits per heavy atom. The SMILES string of the molecule is Cc1ccc(N2C[C@H](NC(=O)COc3ccccc3F)CC2=O)cc1C. The third kappa shape index (κ3) is 4.02. The van der Waals surface area contributed by atoms with Crippen LogP contribution in [-0.4, -0.2) is 31.0 Å². The molecule has 1 fully saturated rings. The summed E-state index contributed by atoms with van der Waals surface area (Å²) in [6.07, 6.45) is 0.234. The van der Waals surface area contributed by atoms with E-state index in [9.17, 15) is 14.0 Å². The molecule has 0 spiro atoms. The van der Waals surface area contributed by atoms with E-state index in [1.807, 2.05) is 32.0 Å². The van der Waals surface area contributed by atoms with Crippen molar-refractivity contribution in [2.24, 2.45) is 0 Å². The zero-order valence-corrected chi connectivity index (χ0v) is 14.8.